The predicted molar refractivity (Wildman–Crippen MR) is 67.9 cm³/mol. The van der Waals surface area contributed by atoms with Gasteiger partial charge in [-0.25, -0.2) is 0 Å². The second-order valence-corrected chi connectivity index (χ2v) is 4.20. The maximum atomic E-state index is 10.2. The van der Waals surface area contributed by atoms with Crippen LogP contribution in [-0.4, -0.2) is 5.11 Å². The first-order valence-corrected chi connectivity index (χ1v) is 5.94. The van der Waals surface area contributed by atoms with Crippen molar-refractivity contribution in [2.75, 3.05) is 0 Å². The van der Waals surface area contributed by atoms with Gasteiger partial charge in [-0.2, -0.15) is 0 Å². The van der Waals surface area contributed by atoms with E-state index in [1.165, 1.54) is 12.8 Å². The van der Waals surface area contributed by atoms with Crippen LogP contribution >= 0.6 is 0 Å². The number of hydrogen-bond donors (Lipinski definition) is 1. The van der Waals surface area contributed by atoms with Gasteiger partial charge in [0.1, 0.15) is 5.60 Å². The third-order valence-electron chi connectivity index (χ3n) is 2.57. The van der Waals surface area contributed by atoms with Gasteiger partial charge in [0.2, 0.25) is 0 Å². The van der Waals surface area contributed by atoms with Crippen molar-refractivity contribution in [3.8, 4) is 11.8 Å². The molecule has 1 rings (SSSR count). The summed E-state index contributed by atoms with van der Waals surface area (Å²) < 4.78 is 0. The van der Waals surface area contributed by atoms with E-state index in [1.54, 1.807) is 6.92 Å². The molecule has 1 N–H and O–H groups in total. The van der Waals surface area contributed by atoms with E-state index in [0.717, 1.165) is 18.4 Å². The second kappa shape index (κ2) is 6.35. The van der Waals surface area contributed by atoms with Crippen LogP contribution in [0.15, 0.2) is 30.3 Å². The normalized spacial score (nSPS) is 13.7. The van der Waals surface area contributed by atoms with E-state index in [0.29, 0.717) is 0 Å². The van der Waals surface area contributed by atoms with Gasteiger partial charge in [-0.15, -0.1) is 0 Å². The van der Waals surface area contributed by atoms with Crippen molar-refractivity contribution in [1.29, 1.82) is 0 Å². The van der Waals surface area contributed by atoms with E-state index in [9.17, 15) is 5.11 Å². The molecular formula is C15H20O. The van der Waals surface area contributed by atoms with Gasteiger partial charge in [0.15, 0.2) is 0 Å². The van der Waals surface area contributed by atoms with E-state index < -0.39 is 5.60 Å². The van der Waals surface area contributed by atoms with Crippen LogP contribution in [0.25, 0.3) is 0 Å². The highest BCUT2D eigenvalue weighted by Crippen LogP contribution is 2.18. The van der Waals surface area contributed by atoms with Crippen LogP contribution < -0.4 is 0 Å². The summed E-state index contributed by atoms with van der Waals surface area (Å²) >= 11 is 0. The first-order valence-electron chi connectivity index (χ1n) is 5.94. The van der Waals surface area contributed by atoms with E-state index in [1.807, 2.05) is 30.3 Å². The van der Waals surface area contributed by atoms with Crippen LogP contribution in [0.3, 0.4) is 0 Å². The summed E-state index contributed by atoms with van der Waals surface area (Å²) in [5.41, 5.74) is -0.161. The molecule has 0 spiro atoms. The van der Waals surface area contributed by atoms with Gasteiger partial charge in [0.05, 0.1) is 0 Å². The molecule has 0 saturated carbocycles. The first kappa shape index (κ1) is 12.8. The maximum absolute atomic E-state index is 10.2. The summed E-state index contributed by atoms with van der Waals surface area (Å²) in [5.74, 6) is 6.00. The molecule has 1 heteroatoms. The lowest BCUT2D eigenvalue weighted by atomic mass is 9.96. The fourth-order valence-electron chi connectivity index (χ4n) is 1.53. The number of hydrogen-bond acceptors (Lipinski definition) is 1. The van der Waals surface area contributed by atoms with Crippen molar-refractivity contribution < 1.29 is 5.11 Å². The molecule has 16 heavy (non-hydrogen) atoms. The van der Waals surface area contributed by atoms with Crippen molar-refractivity contribution in [1.82, 2.24) is 0 Å². The zero-order chi connectivity index (χ0) is 11.9. The molecule has 0 aliphatic rings. The van der Waals surface area contributed by atoms with E-state index in [4.69, 9.17) is 0 Å². The molecule has 0 aromatic heterocycles. The Morgan fingerprint density at radius 2 is 1.88 bits per heavy atom. The highest BCUT2D eigenvalue weighted by molar-refractivity contribution is 5.30. The summed E-state index contributed by atoms with van der Waals surface area (Å²) in [6, 6.07) is 9.58. The zero-order valence-electron chi connectivity index (χ0n) is 10.2. The summed E-state index contributed by atoms with van der Waals surface area (Å²) in [4.78, 5) is 0. The zero-order valence-corrected chi connectivity index (χ0v) is 10.2. The minimum atomic E-state index is -1.02. The number of unbranched alkanes of at least 4 members (excludes halogenated alkanes) is 3. The van der Waals surface area contributed by atoms with Crippen LogP contribution in [0.2, 0.25) is 0 Å². The molecule has 0 aliphatic heterocycles. The van der Waals surface area contributed by atoms with Gasteiger partial charge < -0.3 is 5.11 Å². The van der Waals surface area contributed by atoms with Crippen LogP contribution in [-0.2, 0) is 5.60 Å². The minimum absolute atomic E-state index is 0.859. The van der Waals surface area contributed by atoms with Crippen molar-refractivity contribution in [2.45, 2.75) is 45.1 Å². The van der Waals surface area contributed by atoms with Crippen LogP contribution in [0.1, 0.15) is 45.1 Å². The molecule has 1 aromatic carbocycles. The van der Waals surface area contributed by atoms with E-state index in [2.05, 4.69) is 18.8 Å². The van der Waals surface area contributed by atoms with Gasteiger partial charge in [-0.1, -0.05) is 61.9 Å². The number of rotatable bonds is 4. The van der Waals surface area contributed by atoms with E-state index in [-0.39, 0.29) is 0 Å². The van der Waals surface area contributed by atoms with Gasteiger partial charge in [-0.3, -0.25) is 0 Å². The summed E-state index contributed by atoms with van der Waals surface area (Å²) in [5, 5.41) is 10.2. The Labute approximate surface area is 98.5 Å². The molecule has 0 bridgehead atoms. The Bertz CT molecular complexity index is 354. The topological polar surface area (TPSA) is 20.2 Å². The van der Waals surface area contributed by atoms with Gasteiger partial charge in [0, 0.05) is 6.42 Å². The van der Waals surface area contributed by atoms with Gasteiger partial charge in [-0.05, 0) is 18.9 Å². The standard InChI is InChI=1S/C15H20O/c1-3-4-5-6-10-13-15(2,16)14-11-8-7-9-12-14/h7-9,11-12,16H,3-6H2,1-2H3. The van der Waals surface area contributed by atoms with Crippen LogP contribution in [0, 0.1) is 11.8 Å². The monoisotopic (exact) mass is 216 g/mol. The summed E-state index contributed by atoms with van der Waals surface area (Å²) in [6.07, 6.45) is 4.41. The predicted octanol–water partition coefficient (Wildman–Crippen LogP) is 3.48. The third kappa shape index (κ3) is 4.08. The van der Waals surface area contributed by atoms with Gasteiger partial charge >= 0.3 is 0 Å². The third-order valence-corrected chi connectivity index (χ3v) is 2.57. The lowest BCUT2D eigenvalue weighted by Crippen LogP contribution is -2.18. The fourth-order valence-corrected chi connectivity index (χ4v) is 1.53. The number of benzene rings is 1. The van der Waals surface area contributed by atoms with Crippen LogP contribution in [0.4, 0.5) is 0 Å². The average molecular weight is 216 g/mol. The quantitative estimate of drug-likeness (QED) is 0.603. The molecule has 0 saturated heterocycles. The molecule has 1 unspecified atom stereocenters. The average Bonchev–Trinajstić information content (AvgIpc) is 2.30. The molecule has 0 radical (unpaired) electrons. The Balaban J connectivity index is 2.58. The first-order chi connectivity index (χ1) is 7.67. The van der Waals surface area contributed by atoms with Crippen molar-refractivity contribution in [2.24, 2.45) is 0 Å². The Morgan fingerprint density at radius 1 is 1.19 bits per heavy atom. The molecule has 0 heterocycles. The lowest BCUT2D eigenvalue weighted by molar-refractivity contribution is 0.122. The molecule has 0 aliphatic carbocycles. The number of aliphatic hydroxyl groups is 1. The Hall–Kier alpha value is -1.26. The van der Waals surface area contributed by atoms with Crippen molar-refractivity contribution >= 4 is 0 Å². The van der Waals surface area contributed by atoms with E-state index >= 15 is 0 Å². The molecule has 1 atom stereocenters. The SMILES string of the molecule is CCCCCC#CC(C)(O)c1ccccc1. The molecule has 1 aromatic rings. The largest absolute Gasteiger partial charge is 0.374 e. The maximum Gasteiger partial charge on any atom is 0.148 e. The van der Waals surface area contributed by atoms with Crippen molar-refractivity contribution in [3.63, 3.8) is 0 Å². The fraction of sp³-hybridized carbons (Fsp3) is 0.467. The van der Waals surface area contributed by atoms with Crippen molar-refractivity contribution in [3.05, 3.63) is 35.9 Å². The summed E-state index contributed by atoms with van der Waals surface area (Å²) in [6.45, 7) is 3.92. The van der Waals surface area contributed by atoms with Crippen LogP contribution in [0.5, 0.6) is 0 Å². The Morgan fingerprint density at radius 3 is 2.50 bits per heavy atom. The second-order valence-electron chi connectivity index (χ2n) is 4.20. The molecule has 86 valence electrons. The highest BCUT2D eigenvalue weighted by atomic mass is 16.3. The molecule has 1 nitrogen and oxygen atoms in total. The molecule has 0 fully saturated rings. The molecule has 0 amide bonds. The molecular weight excluding hydrogens is 196 g/mol. The smallest absolute Gasteiger partial charge is 0.148 e. The lowest BCUT2D eigenvalue weighted by Gasteiger charge is -2.16. The van der Waals surface area contributed by atoms with Gasteiger partial charge in [0.25, 0.3) is 0 Å². The minimum Gasteiger partial charge on any atom is -0.374 e. The summed E-state index contributed by atoms with van der Waals surface area (Å²) in [7, 11) is 0. The Kier molecular flexibility index (Phi) is 5.08. The highest BCUT2D eigenvalue weighted by Gasteiger charge is 2.18.